The summed E-state index contributed by atoms with van der Waals surface area (Å²) < 4.78 is 18.0. The summed E-state index contributed by atoms with van der Waals surface area (Å²) in [6, 6.07) is 27.5. The molecule has 0 fully saturated rings. The molecule has 3 rings (SSSR count). The van der Waals surface area contributed by atoms with Crippen LogP contribution in [0.4, 0.5) is 0 Å². The standard InChI is InChI=1S/C29H33NO6/c1-22(32)30-26(17-31)28(35-19-24-13-7-3-8-14-24)29(36-20-25-15-9-4-10-16-25)27(33)21-34-18-23-11-5-2-6-12-23/h2-17,26-29,33H,18-21H2,1H3,(H,30,32). The molecule has 0 aromatic heterocycles. The number of aliphatic hydroxyl groups is 1. The molecule has 0 saturated heterocycles. The lowest BCUT2D eigenvalue weighted by atomic mass is 10.0. The molecular formula is C29H33NO6. The Bertz CT molecular complexity index is 1030. The van der Waals surface area contributed by atoms with E-state index in [4.69, 9.17) is 14.2 Å². The van der Waals surface area contributed by atoms with Crippen LogP contribution in [0.3, 0.4) is 0 Å². The van der Waals surface area contributed by atoms with Crippen molar-refractivity contribution in [2.45, 2.75) is 51.1 Å². The lowest BCUT2D eigenvalue weighted by Gasteiger charge is -2.34. The monoisotopic (exact) mass is 491 g/mol. The Balaban J connectivity index is 1.79. The van der Waals surface area contributed by atoms with Crippen molar-refractivity contribution < 1.29 is 28.9 Å². The topological polar surface area (TPSA) is 94.1 Å². The SMILES string of the molecule is CC(=O)NC(C=O)C(OCc1ccccc1)C(OCc1ccccc1)C(O)COCc1ccccc1. The third kappa shape index (κ3) is 9.02. The molecule has 7 nitrogen and oxygen atoms in total. The predicted octanol–water partition coefficient (Wildman–Crippen LogP) is 3.44. The molecule has 0 heterocycles. The number of carbonyl (C=O) groups is 2. The van der Waals surface area contributed by atoms with Gasteiger partial charge in [-0.1, -0.05) is 91.0 Å². The summed E-state index contributed by atoms with van der Waals surface area (Å²) in [7, 11) is 0. The first-order valence-corrected chi connectivity index (χ1v) is 11.9. The van der Waals surface area contributed by atoms with Crippen molar-refractivity contribution in [3.63, 3.8) is 0 Å². The van der Waals surface area contributed by atoms with Gasteiger partial charge in [0, 0.05) is 6.92 Å². The van der Waals surface area contributed by atoms with Gasteiger partial charge in [0.25, 0.3) is 0 Å². The maximum absolute atomic E-state index is 12.0. The Morgan fingerprint density at radius 1 is 0.778 bits per heavy atom. The van der Waals surface area contributed by atoms with Gasteiger partial charge >= 0.3 is 0 Å². The van der Waals surface area contributed by atoms with Crippen LogP contribution in [0, 0.1) is 0 Å². The quantitative estimate of drug-likeness (QED) is 0.317. The van der Waals surface area contributed by atoms with Crippen LogP contribution in [0.25, 0.3) is 0 Å². The van der Waals surface area contributed by atoms with Crippen molar-refractivity contribution in [3.8, 4) is 0 Å². The number of nitrogens with one attached hydrogen (secondary N) is 1. The number of carbonyl (C=O) groups excluding carboxylic acids is 2. The fourth-order valence-corrected chi connectivity index (χ4v) is 3.76. The molecule has 0 saturated carbocycles. The fourth-order valence-electron chi connectivity index (χ4n) is 3.76. The van der Waals surface area contributed by atoms with E-state index in [0.29, 0.717) is 12.9 Å². The Morgan fingerprint density at radius 3 is 1.67 bits per heavy atom. The Labute approximate surface area is 212 Å². The zero-order chi connectivity index (χ0) is 25.6. The van der Waals surface area contributed by atoms with Gasteiger partial charge in [0.1, 0.15) is 30.6 Å². The minimum absolute atomic E-state index is 0.0504. The van der Waals surface area contributed by atoms with Crippen LogP contribution in [-0.4, -0.2) is 48.3 Å². The fraction of sp³-hybridized carbons (Fsp3) is 0.310. The molecule has 1 amide bonds. The molecule has 2 N–H and O–H groups in total. The van der Waals surface area contributed by atoms with Gasteiger partial charge in [-0.05, 0) is 16.7 Å². The molecule has 3 aromatic carbocycles. The molecule has 0 spiro atoms. The van der Waals surface area contributed by atoms with E-state index >= 15 is 0 Å². The van der Waals surface area contributed by atoms with E-state index in [1.54, 1.807) is 0 Å². The van der Waals surface area contributed by atoms with E-state index in [1.165, 1.54) is 6.92 Å². The van der Waals surface area contributed by atoms with Crippen LogP contribution >= 0.6 is 0 Å². The highest BCUT2D eigenvalue weighted by molar-refractivity contribution is 5.77. The summed E-state index contributed by atoms with van der Waals surface area (Å²) in [6.07, 6.45) is -2.46. The number of benzene rings is 3. The normalized spacial score (nSPS) is 14.4. The maximum Gasteiger partial charge on any atom is 0.217 e. The summed E-state index contributed by atoms with van der Waals surface area (Å²) in [6.45, 7) is 1.92. The summed E-state index contributed by atoms with van der Waals surface area (Å²) in [5.74, 6) is -0.392. The van der Waals surface area contributed by atoms with E-state index in [-0.39, 0.29) is 19.8 Å². The lowest BCUT2D eigenvalue weighted by molar-refractivity contribution is -0.160. The Hall–Kier alpha value is -3.36. The molecule has 7 heteroatoms. The molecule has 36 heavy (non-hydrogen) atoms. The van der Waals surface area contributed by atoms with E-state index in [9.17, 15) is 14.7 Å². The smallest absolute Gasteiger partial charge is 0.217 e. The van der Waals surface area contributed by atoms with Gasteiger partial charge in [-0.25, -0.2) is 0 Å². The van der Waals surface area contributed by atoms with Gasteiger partial charge in [0.05, 0.1) is 26.4 Å². The van der Waals surface area contributed by atoms with Crippen molar-refractivity contribution in [2.24, 2.45) is 0 Å². The first-order valence-electron chi connectivity index (χ1n) is 11.9. The number of aliphatic hydroxyl groups excluding tert-OH is 1. The maximum atomic E-state index is 12.0. The zero-order valence-corrected chi connectivity index (χ0v) is 20.4. The second-order valence-electron chi connectivity index (χ2n) is 8.45. The van der Waals surface area contributed by atoms with Crippen LogP contribution in [0.1, 0.15) is 23.6 Å². The van der Waals surface area contributed by atoms with Gasteiger partial charge in [0.15, 0.2) is 0 Å². The summed E-state index contributed by atoms with van der Waals surface area (Å²) in [5, 5.41) is 13.8. The average Bonchev–Trinajstić information content (AvgIpc) is 2.91. The molecule has 4 unspecified atom stereocenters. The highest BCUT2D eigenvalue weighted by Gasteiger charge is 2.37. The first-order chi connectivity index (χ1) is 17.6. The summed E-state index contributed by atoms with van der Waals surface area (Å²) in [4.78, 5) is 23.9. The minimum atomic E-state index is -1.13. The average molecular weight is 492 g/mol. The molecule has 0 bridgehead atoms. The highest BCUT2D eigenvalue weighted by Crippen LogP contribution is 2.18. The second-order valence-corrected chi connectivity index (χ2v) is 8.45. The molecule has 0 aliphatic carbocycles. The van der Waals surface area contributed by atoms with E-state index in [0.717, 1.165) is 16.7 Å². The van der Waals surface area contributed by atoms with Crippen molar-refractivity contribution in [1.82, 2.24) is 5.32 Å². The van der Waals surface area contributed by atoms with Gasteiger partial charge in [-0.3, -0.25) is 4.79 Å². The van der Waals surface area contributed by atoms with Gasteiger partial charge in [-0.15, -0.1) is 0 Å². The molecule has 3 aromatic rings. The number of hydrogen-bond acceptors (Lipinski definition) is 6. The van der Waals surface area contributed by atoms with Crippen LogP contribution in [0.2, 0.25) is 0 Å². The third-order valence-electron chi connectivity index (χ3n) is 5.54. The highest BCUT2D eigenvalue weighted by atomic mass is 16.6. The van der Waals surface area contributed by atoms with E-state index < -0.39 is 30.3 Å². The third-order valence-corrected chi connectivity index (χ3v) is 5.54. The van der Waals surface area contributed by atoms with Crippen molar-refractivity contribution in [1.29, 1.82) is 0 Å². The number of rotatable bonds is 15. The van der Waals surface area contributed by atoms with Crippen molar-refractivity contribution in [2.75, 3.05) is 6.61 Å². The molecule has 0 aliphatic rings. The van der Waals surface area contributed by atoms with Crippen LogP contribution < -0.4 is 5.32 Å². The molecule has 4 atom stereocenters. The van der Waals surface area contributed by atoms with E-state index in [1.807, 2.05) is 91.0 Å². The van der Waals surface area contributed by atoms with Gasteiger partial charge in [0.2, 0.25) is 5.91 Å². The molecule has 0 radical (unpaired) electrons. The molecular weight excluding hydrogens is 458 g/mol. The summed E-state index contributed by atoms with van der Waals surface area (Å²) >= 11 is 0. The zero-order valence-electron chi connectivity index (χ0n) is 20.4. The van der Waals surface area contributed by atoms with Crippen LogP contribution in [0.5, 0.6) is 0 Å². The largest absolute Gasteiger partial charge is 0.388 e. The number of ether oxygens (including phenoxy) is 3. The van der Waals surface area contributed by atoms with Gasteiger partial charge in [-0.2, -0.15) is 0 Å². The number of hydrogen-bond donors (Lipinski definition) is 2. The van der Waals surface area contributed by atoms with Crippen molar-refractivity contribution in [3.05, 3.63) is 108 Å². The van der Waals surface area contributed by atoms with Gasteiger partial charge < -0.3 is 29.4 Å². The first kappa shape index (κ1) is 27.2. The second kappa shape index (κ2) is 14.9. The summed E-state index contributed by atoms with van der Waals surface area (Å²) in [5.41, 5.74) is 2.74. The Morgan fingerprint density at radius 2 is 1.22 bits per heavy atom. The van der Waals surface area contributed by atoms with E-state index in [2.05, 4.69) is 5.32 Å². The molecule has 190 valence electrons. The minimum Gasteiger partial charge on any atom is -0.388 e. The lowest BCUT2D eigenvalue weighted by Crippen LogP contribution is -2.55. The molecule has 0 aliphatic heterocycles. The predicted molar refractivity (Wildman–Crippen MR) is 136 cm³/mol. The van der Waals surface area contributed by atoms with Crippen molar-refractivity contribution >= 4 is 12.2 Å². The number of amides is 1. The van der Waals surface area contributed by atoms with Crippen LogP contribution in [-0.2, 0) is 43.6 Å². The van der Waals surface area contributed by atoms with Crippen LogP contribution in [0.15, 0.2) is 91.0 Å². The number of aldehydes is 1. The Kier molecular flexibility index (Phi) is 11.3.